The molecule has 0 aliphatic carbocycles. The van der Waals surface area contributed by atoms with Gasteiger partial charge < -0.3 is 14.5 Å². The predicted molar refractivity (Wildman–Crippen MR) is 110 cm³/mol. The summed E-state index contributed by atoms with van der Waals surface area (Å²) >= 11 is 0. The average molecular weight is 401 g/mol. The second kappa shape index (κ2) is 10.8. The van der Waals surface area contributed by atoms with Crippen LogP contribution in [0.2, 0.25) is 0 Å². The van der Waals surface area contributed by atoms with Crippen LogP contribution in [-0.4, -0.2) is 59.6 Å². The molecule has 29 heavy (non-hydrogen) atoms. The van der Waals surface area contributed by atoms with Gasteiger partial charge in [-0.1, -0.05) is 26.3 Å². The monoisotopic (exact) mass is 400 g/mol. The van der Waals surface area contributed by atoms with Crippen LogP contribution in [0.5, 0.6) is 0 Å². The third-order valence-corrected chi connectivity index (χ3v) is 5.89. The number of nitrogens with zero attached hydrogens (tertiary/aromatic N) is 4. The molecule has 2 rings (SSSR count). The van der Waals surface area contributed by atoms with Crippen LogP contribution in [0.3, 0.4) is 0 Å². The van der Waals surface area contributed by atoms with E-state index in [2.05, 4.69) is 11.1 Å². The number of piperidine rings is 1. The topological polar surface area (TPSA) is 86.5 Å². The maximum atomic E-state index is 13.1. The van der Waals surface area contributed by atoms with Crippen molar-refractivity contribution in [1.29, 1.82) is 5.26 Å². The van der Waals surface area contributed by atoms with Crippen molar-refractivity contribution in [1.82, 2.24) is 14.8 Å². The molecular weight excluding hydrogens is 368 g/mol. The molecular formula is C22H32N4O3. The quantitative estimate of drug-likeness (QED) is 0.655. The Morgan fingerprint density at radius 2 is 2.07 bits per heavy atom. The highest BCUT2D eigenvalue weighted by molar-refractivity contribution is 5.83. The van der Waals surface area contributed by atoms with E-state index in [4.69, 9.17) is 4.74 Å². The summed E-state index contributed by atoms with van der Waals surface area (Å²) in [7, 11) is 1.68. The molecule has 0 saturated carbocycles. The molecule has 0 spiro atoms. The molecule has 1 aliphatic heterocycles. The standard InChI is InChI=1S/C22H32N4O3/c1-5-16(3)20(21(27)29-6-2)25(4)22(28)26-12-9-17(10-13-26)19(14-23)18-8-7-11-24-15-18/h7-8,11,15-17,19-20H,5-6,9-10,12-13H2,1-4H3/t16-,19?,20-/m0/s1. The molecule has 0 aromatic carbocycles. The fraction of sp³-hybridized carbons (Fsp3) is 0.636. The van der Waals surface area contributed by atoms with Crippen molar-refractivity contribution < 1.29 is 14.3 Å². The highest BCUT2D eigenvalue weighted by Gasteiger charge is 2.36. The number of rotatable bonds is 7. The van der Waals surface area contributed by atoms with Crippen molar-refractivity contribution in [2.75, 3.05) is 26.7 Å². The molecule has 0 bridgehead atoms. The van der Waals surface area contributed by atoms with Crippen molar-refractivity contribution in [3.05, 3.63) is 30.1 Å². The molecule has 1 unspecified atom stereocenters. The minimum Gasteiger partial charge on any atom is -0.464 e. The lowest BCUT2D eigenvalue weighted by Gasteiger charge is -2.38. The second-order valence-corrected chi connectivity index (χ2v) is 7.69. The zero-order valence-electron chi connectivity index (χ0n) is 17.9. The third kappa shape index (κ3) is 5.47. The summed E-state index contributed by atoms with van der Waals surface area (Å²) in [4.78, 5) is 32.9. The SMILES string of the molecule is CCOC(=O)[C@H]([C@@H](C)CC)N(C)C(=O)N1CCC(C(C#N)c2cccnc2)CC1. The van der Waals surface area contributed by atoms with Crippen LogP contribution in [0, 0.1) is 23.2 Å². The van der Waals surface area contributed by atoms with Crippen LogP contribution in [0.25, 0.3) is 0 Å². The van der Waals surface area contributed by atoms with E-state index in [1.165, 1.54) is 4.90 Å². The Morgan fingerprint density at radius 3 is 2.59 bits per heavy atom. The molecule has 3 atom stereocenters. The maximum Gasteiger partial charge on any atom is 0.329 e. The summed E-state index contributed by atoms with van der Waals surface area (Å²) in [6, 6.07) is 5.44. The van der Waals surface area contributed by atoms with E-state index in [0.717, 1.165) is 24.8 Å². The first-order valence-corrected chi connectivity index (χ1v) is 10.4. The number of nitriles is 1. The lowest BCUT2D eigenvalue weighted by atomic mass is 9.81. The van der Waals surface area contributed by atoms with Crippen molar-refractivity contribution in [2.45, 2.75) is 52.0 Å². The van der Waals surface area contributed by atoms with E-state index >= 15 is 0 Å². The van der Waals surface area contributed by atoms with Gasteiger partial charge in [0.1, 0.15) is 6.04 Å². The van der Waals surface area contributed by atoms with Gasteiger partial charge in [0, 0.05) is 32.5 Å². The number of carbonyl (C=O) groups excluding carboxylic acids is 2. The number of likely N-dealkylation sites (tertiary alicyclic amines) is 1. The molecule has 1 aromatic heterocycles. The van der Waals surface area contributed by atoms with Crippen LogP contribution in [0.1, 0.15) is 51.5 Å². The van der Waals surface area contributed by atoms with Crippen LogP contribution in [-0.2, 0) is 9.53 Å². The van der Waals surface area contributed by atoms with Gasteiger partial charge in [0.05, 0.1) is 18.6 Å². The summed E-state index contributed by atoms with van der Waals surface area (Å²) < 4.78 is 5.20. The normalized spacial score (nSPS) is 17.7. The maximum absolute atomic E-state index is 13.1. The number of carbonyl (C=O) groups is 2. The number of esters is 1. The Morgan fingerprint density at radius 1 is 1.38 bits per heavy atom. The van der Waals surface area contributed by atoms with E-state index < -0.39 is 6.04 Å². The van der Waals surface area contributed by atoms with Gasteiger partial charge in [-0.3, -0.25) is 4.98 Å². The molecule has 1 fully saturated rings. The molecule has 0 radical (unpaired) electrons. The average Bonchev–Trinajstić information content (AvgIpc) is 2.75. The number of amides is 2. The van der Waals surface area contributed by atoms with Crippen molar-refractivity contribution in [3.8, 4) is 6.07 Å². The molecule has 0 N–H and O–H groups in total. The van der Waals surface area contributed by atoms with E-state index in [1.54, 1.807) is 31.3 Å². The molecule has 158 valence electrons. The first-order chi connectivity index (χ1) is 13.9. The molecule has 2 heterocycles. The Balaban J connectivity index is 2.02. The van der Waals surface area contributed by atoms with Crippen LogP contribution in [0.4, 0.5) is 4.79 Å². The Labute approximate surface area is 173 Å². The summed E-state index contributed by atoms with van der Waals surface area (Å²) in [6.45, 7) is 7.17. The number of hydrogen-bond acceptors (Lipinski definition) is 5. The highest BCUT2D eigenvalue weighted by atomic mass is 16.5. The van der Waals surface area contributed by atoms with Crippen molar-refractivity contribution in [3.63, 3.8) is 0 Å². The largest absolute Gasteiger partial charge is 0.464 e. The summed E-state index contributed by atoms with van der Waals surface area (Å²) in [5, 5.41) is 9.65. The lowest BCUT2D eigenvalue weighted by molar-refractivity contribution is -0.150. The van der Waals surface area contributed by atoms with Crippen LogP contribution >= 0.6 is 0 Å². The third-order valence-electron chi connectivity index (χ3n) is 5.89. The minimum absolute atomic E-state index is 0.00842. The van der Waals surface area contributed by atoms with Crippen molar-refractivity contribution in [2.24, 2.45) is 11.8 Å². The van der Waals surface area contributed by atoms with E-state index in [0.29, 0.717) is 19.7 Å². The van der Waals surface area contributed by atoms with Gasteiger partial charge in [-0.25, -0.2) is 9.59 Å². The van der Waals surface area contributed by atoms with Crippen LogP contribution < -0.4 is 0 Å². The fourth-order valence-electron chi connectivity index (χ4n) is 4.00. The summed E-state index contributed by atoms with van der Waals surface area (Å²) in [6.07, 6.45) is 5.72. The zero-order chi connectivity index (χ0) is 21.4. The molecule has 2 amide bonds. The van der Waals surface area contributed by atoms with Gasteiger partial charge in [0.15, 0.2) is 0 Å². The zero-order valence-corrected chi connectivity index (χ0v) is 17.9. The smallest absolute Gasteiger partial charge is 0.329 e. The minimum atomic E-state index is -0.590. The predicted octanol–water partition coefficient (Wildman–Crippen LogP) is 3.43. The van der Waals surface area contributed by atoms with Gasteiger partial charge >= 0.3 is 12.0 Å². The number of ether oxygens (including phenoxy) is 1. The molecule has 7 heteroatoms. The van der Waals surface area contributed by atoms with Gasteiger partial charge in [0.2, 0.25) is 0 Å². The Bertz CT molecular complexity index is 711. The first kappa shape index (κ1) is 22.7. The molecule has 1 aliphatic rings. The van der Waals surface area contributed by atoms with E-state index in [9.17, 15) is 14.9 Å². The van der Waals surface area contributed by atoms with Gasteiger partial charge in [0.25, 0.3) is 0 Å². The molecule has 7 nitrogen and oxygen atoms in total. The molecule has 1 aromatic rings. The number of aromatic nitrogens is 1. The summed E-state index contributed by atoms with van der Waals surface area (Å²) in [5.74, 6) is -0.372. The number of urea groups is 1. The second-order valence-electron chi connectivity index (χ2n) is 7.69. The Kier molecular flexibility index (Phi) is 8.44. The summed E-state index contributed by atoms with van der Waals surface area (Å²) in [5.41, 5.74) is 0.927. The van der Waals surface area contributed by atoms with Gasteiger partial charge in [-0.05, 0) is 43.2 Å². The van der Waals surface area contributed by atoms with Crippen molar-refractivity contribution >= 4 is 12.0 Å². The van der Waals surface area contributed by atoms with Crippen LogP contribution in [0.15, 0.2) is 24.5 Å². The highest BCUT2D eigenvalue weighted by Crippen LogP contribution is 2.32. The van der Waals surface area contributed by atoms with E-state index in [-0.39, 0.29) is 29.8 Å². The van der Waals surface area contributed by atoms with Gasteiger partial charge in [-0.2, -0.15) is 5.26 Å². The number of hydrogen-bond donors (Lipinski definition) is 0. The number of likely N-dealkylation sites (N-methyl/N-ethyl adjacent to an activating group) is 1. The van der Waals surface area contributed by atoms with Gasteiger partial charge in [-0.15, -0.1) is 0 Å². The Hall–Kier alpha value is -2.62. The first-order valence-electron chi connectivity index (χ1n) is 10.4. The fourth-order valence-corrected chi connectivity index (χ4v) is 4.00. The molecule has 1 saturated heterocycles. The van der Waals surface area contributed by atoms with E-state index in [1.807, 2.05) is 26.0 Å². The lowest BCUT2D eigenvalue weighted by Crippen LogP contribution is -2.53. The number of pyridine rings is 1.